The molecule has 1 saturated heterocycles. The first-order valence-electron chi connectivity index (χ1n) is 5.67. The predicted octanol–water partition coefficient (Wildman–Crippen LogP) is -0.260. The normalized spacial score (nSPS) is 22.7. The van der Waals surface area contributed by atoms with Crippen LogP contribution in [0.5, 0.6) is 0 Å². The maximum Gasteiger partial charge on any atom is 0.242 e. The van der Waals surface area contributed by atoms with Gasteiger partial charge in [0.15, 0.2) is 0 Å². The number of carbonyl (C=O) groups excluding carboxylic acids is 2. The largest absolute Gasteiger partial charge is 0.391 e. The molecule has 0 aliphatic carbocycles. The molecule has 1 heterocycles. The van der Waals surface area contributed by atoms with Gasteiger partial charge in [-0.1, -0.05) is 13.8 Å². The van der Waals surface area contributed by atoms with E-state index in [0.717, 1.165) is 0 Å². The fourth-order valence-corrected chi connectivity index (χ4v) is 1.68. The Hall–Kier alpha value is -1.10. The Kier molecular flexibility index (Phi) is 4.29. The molecule has 0 aromatic rings. The van der Waals surface area contributed by atoms with Gasteiger partial charge in [0.2, 0.25) is 11.8 Å². The van der Waals surface area contributed by atoms with Gasteiger partial charge < -0.3 is 15.3 Å². The van der Waals surface area contributed by atoms with Crippen LogP contribution in [0.1, 0.15) is 27.2 Å². The first-order valence-corrected chi connectivity index (χ1v) is 5.67. The van der Waals surface area contributed by atoms with E-state index in [0.29, 0.717) is 12.5 Å². The Balaban J connectivity index is 2.47. The van der Waals surface area contributed by atoms with Crippen LogP contribution in [0.25, 0.3) is 0 Å². The van der Waals surface area contributed by atoms with Crippen LogP contribution in [0, 0.1) is 5.92 Å². The highest BCUT2D eigenvalue weighted by Gasteiger charge is 2.34. The minimum Gasteiger partial charge on any atom is -0.391 e. The summed E-state index contributed by atoms with van der Waals surface area (Å²) in [6, 6.07) is -0.497. The number of hydrogen-bond acceptors (Lipinski definition) is 3. The van der Waals surface area contributed by atoms with E-state index in [9.17, 15) is 14.7 Å². The molecule has 1 rings (SSSR count). The Bertz CT molecular complexity index is 278. The molecule has 1 aliphatic rings. The molecule has 2 amide bonds. The van der Waals surface area contributed by atoms with Gasteiger partial charge in [-0.2, -0.15) is 0 Å². The quantitative estimate of drug-likeness (QED) is 0.696. The second-order valence-electron chi connectivity index (χ2n) is 4.72. The molecule has 5 nitrogen and oxygen atoms in total. The van der Waals surface area contributed by atoms with E-state index in [1.54, 1.807) is 6.92 Å². The van der Waals surface area contributed by atoms with Gasteiger partial charge in [0.1, 0.15) is 6.04 Å². The summed E-state index contributed by atoms with van der Waals surface area (Å²) in [6.45, 7) is 6.57. The zero-order valence-corrected chi connectivity index (χ0v) is 10.1. The van der Waals surface area contributed by atoms with Crippen LogP contribution in [0.15, 0.2) is 0 Å². The number of β-amino-alcohol motifs (C(OH)–C–C–N with tert-alkyl or cyclic N) is 1. The summed E-state index contributed by atoms with van der Waals surface area (Å²) in [5, 5.41) is 12.1. The van der Waals surface area contributed by atoms with Crippen LogP contribution in [0.4, 0.5) is 0 Å². The van der Waals surface area contributed by atoms with Gasteiger partial charge in [0.25, 0.3) is 0 Å². The Morgan fingerprint density at radius 2 is 2.19 bits per heavy atom. The van der Waals surface area contributed by atoms with Crippen LogP contribution in [0.3, 0.4) is 0 Å². The van der Waals surface area contributed by atoms with E-state index >= 15 is 0 Å². The van der Waals surface area contributed by atoms with Gasteiger partial charge in [-0.3, -0.25) is 9.59 Å². The number of hydrogen-bond donors (Lipinski definition) is 2. The predicted molar refractivity (Wildman–Crippen MR) is 59.6 cm³/mol. The third kappa shape index (κ3) is 3.20. The summed E-state index contributed by atoms with van der Waals surface area (Å²) >= 11 is 0. The maximum atomic E-state index is 11.7. The van der Waals surface area contributed by atoms with Crippen molar-refractivity contribution < 1.29 is 14.7 Å². The monoisotopic (exact) mass is 228 g/mol. The summed E-state index contributed by atoms with van der Waals surface area (Å²) < 4.78 is 0. The fraction of sp³-hybridized carbons (Fsp3) is 0.818. The molecule has 5 heteroatoms. The lowest BCUT2D eigenvalue weighted by molar-refractivity contribution is -0.136. The third-order valence-corrected chi connectivity index (χ3v) is 2.67. The molecule has 0 aromatic heterocycles. The van der Waals surface area contributed by atoms with Gasteiger partial charge in [-0.05, 0) is 12.8 Å². The molecule has 1 aliphatic heterocycles. The molecule has 0 spiro atoms. The average molecular weight is 228 g/mol. The van der Waals surface area contributed by atoms with Gasteiger partial charge in [0, 0.05) is 13.1 Å². The first kappa shape index (κ1) is 13.0. The van der Waals surface area contributed by atoms with Crippen LogP contribution >= 0.6 is 0 Å². The molecular weight excluding hydrogens is 208 g/mol. The lowest BCUT2D eigenvalue weighted by atomic mass is 10.2. The molecule has 0 radical (unpaired) electrons. The summed E-state index contributed by atoms with van der Waals surface area (Å²) in [5.74, 6) is 0.0758. The van der Waals surface area contributed by atoms with Crippen molar-refractivity contribution in [3.8, 4) is 0 Å². The minimum absolute atomic E-state index is 0.127. The molecular formula is C11H20N2O3. The Morgan fingerprint density at radius 3 is 2.62 bits per heavy atom. The van der Waals surface area contributed by atoms with Gasteiger partial charge in [-0.25, -0.2) is 0 Å². The highest BCUT2D eigenvalue weighted by molar-refractivity contribution is 5.88. The highest BCUT2D eigenvalue weighted by atomic mass is 16.3. The van der Waals surface area contributed by atoms with E-state index in [1.807, 2.05) is 13.8 Å². The van der Waals surface area contributed by atoms with E-state index in [4.69, 9.17) is 0 Å². The number of carbonyl (C=O) groups is 2. The van der Waals surface area contributed by atoms with E-state index in [-0.39, 0.29) is 24.8 Å². The molecule has 0 saturated carbocycles. The average Bonchev–Trinajstić information content (AvgIpc) is 2.53. The zero-order valence-electron chi connectivity index (χ0n) is 10.1. The molecule has 2 unspecified atom stereocenters. The van der Waals surface area contributed by atoms with Crippen molar-refractivity contribution in [1.82, 2.24) is 10.2 Å². The van der Waals surface area contributed by atoms with Crippen molar-refractivity contribution in [2.24, 2.45) is 5.92 Å². The lowest BCUT2D eigenvalue weighted by Crippen LogP contribution is -2.46. The zero-order chi connectivity index (χ0) is 12.3. The van der Waals surface area contributed by atoms with Crippen molar-refractivity contribution in [3.05, 3.63) is 0 Å². The second kappa shape index (κ2) is 5.30. The number of amides is 2. The van der Waals surface area contributed by atoms with Crippen LogP contribution in [-0.4, -0.2) is 47.1 Å². The van der Waals surface area contributed by atoms with Crippen LogP contribution < -0.4 is 5.32 Å². The molecule has 16 heavy (non-hydrogen) atoms. The number of rotatable bonds is 4. The molecule has 92 valence electrons. The Labute approximate surface area is 95.8 Å². The lowest BCUT2D eigenvalue weighted by Gasteiger charge is -2.23. The maximum absolute atomic E-state index is 11.7. The molecule has 2 N–H and O–H groups in total. The van der Waals surface area contributed by atoms with Crippen molar-refractivity contribution in [2.45, 2.75) is 39.3 Å². The first-order chi connectivity index (χ1) is 7.41. The standard InChI is InChI=1S/C11H20N2O3/c1-7(2)5-12-11(16)8(3)13-6-9(14)4-10(13)15/h7-9,14H,4-6H2,1-3H3,(H,12,16). The molecule has 2 atom stereocenters. The van der Waals surface area contributed by atoms with Gasteiger partial charge >= 0.3 is 0 Å². The fourth-order valence-electron chi connectivity index (χ4n) is 1.68. The van der Waals surface area contributed by atoms with Crippen molar-refractivity contribution in [1.29, 1.82) is 0 Å². The van der Waals surface area contributed by atoms with Crippen molar-refractivity contribution >= 4 is 11.8 Å². The topological polar surface area (TPSA) is 69.6 Å². The van der Waals surface area contributed by atoms with Gasteiger partial charge in [-0.15, -0.1) is 0 Å². The van der Waals surface area contributed by atoms with Crippen LogP contribution in [-0.2, 0) is 9.59 Å². The SMILES string of the molecule is CC(C)CNC(=O)C(C)N1CC(O)CC1=O. The smallest absolute Gasteiger partial charge is 0.242 e. The molecule has 1 fully saturated rings. The number of likely N-dealkylation sites (tertiary alicyclic amines) is 1. The Morgan fingerprint density at radius 1 is 1.56 bits per heavy atom. The molecule has 0 bridgehead atoms. The van der Waals surface area contributed by atoms with Crippen molar-refractivity contribution in [2.75, 3.05) is 13.1 Å². The van der Waals surface area contributed by atoms with Crippen LogP contribution in [0.2, 0.25) is 0 Å². The third-order valence-electron chi connectivity index (χ3n) is 2.67. The van der Waals surface area contributed by atoms with Crippen molar-refractivity contribution in [3.63, 3.8) is 0 Å². The summed E-state index contributed by atoms with van der Waals surface area (Å²) in [5.41, 5.74) is 0. The summed E-state index contributed by atoms with van der Waals surface area (Å²) in [4.78, 5) is 24.6. The number of aliphatic hydroxyl groups excluding tert-OH is 1. The molecule has 0 aromatic carbocycles. The second-order valence-corrected chi connectivity index (χ2v) is 4.72. The number of nitrogens with zero attached hydrogens (tertiary/aromatic N) is 1. The highest BCUT2D eigenvalue weighted by Crippen LogP contribution is 2.14. The minimum atomic E-state index is -0.632. The van der Waals surface area contributed by atoms with E-state index in [2.05, 4.69) is 5.32 Å². The van der Waals surface area contributed by atoms with E-state index < -0.39 is 12.1 Å². The van der Waals surface area contributed by atoms with Gasteiger partial charge in [0.05, 0.1) is 12.5 Å². The number of nitrogens with one attached hydrogen (secondary N) is 1. The summed E-state index contributed by atoms with van der Waals surface area (Å²) in [7, 11) is 0. The van der Waals surface area contributed by atoms with E-state index in [1.165, 1.54) is 4.90 Å². The number of aliphatic hydroxyl groups is 1. The summed E-state index contributed by atoms with van der Waals surface area (Å²) in [6.07, 6.45) is -0.505.